The van der Waals surface area contributed by atoms with E-state index >= 15 is 0 Å². The van der Waals surface area contributed by atoms with E-state index in [1.54, 1.807) is 18.2 Å². The van der Waals surface area contributed by atoms with Crippen molar-refractivity contribution < 1.29 is 18.4 Å². The van der Waals surface area contributed by atoms with Crippen LogP contribution in [0, 0.1) is 11.6 Å². The molecule has 1 saturated carbocycles. The third-order valence-electron chi connectivity index (χ3n) is 7.76. The fourth-order valence-corrected chi connectivity index (χ4v) is 6.23. The summed E-state index contributed by atoms with van der Waals surface area (Å²) in [6, 6.07) is 12.8. The van der Waals surface area contributed by atoms with Gasteiger partial charge in [0.25, 0.3) is 0 Å². The van der Waals surface area contributed by atoms with Crippen molar-refractivity contribution in [2.24, 2.45) is 0 Å². The van der Waals surface area contributed by atoms with Crippen molar-refractivity contribution in [3.8, 4) is 0 Å². The second-order valence-electron chi connectivity index (χ2n) is 9.65. The van der Waals surface area contributed by atoms with Gasteiger partial charge >= 0.3 is 0 Å². The minimum atomic E-state index is -0.723. The lowest BCUT2D eigenvalue weighted by Gasteiger charge is -2.39. The Kier molecular flexibility index (Phi) is 5.26. The van der Waals surface area contributed by atoms with Crippen LogP contribution in [0.25, 0.3) is 0 Å². The highest BCUT2D eigenvalue weighted by Crippen LogP contribution is 2.47. The number of rotatable bonds is 3. The van der Waals surface area contributed by atoms with Crippen molar-refractivity contribution >= 4 is 11.8 Å². The summed E-state index contributed by atoms with van der Waals surface area (Å²) in [5.74, 6) is -0.731. The molecule has 1 N–H and O–H groups in total. The van der Waals surface area contributed by atoms with E-state index in [-0.39, 0.29) is 29.4 Å². The van der Waals surface area contributed by atoms with Crippen LogP contribution in [-0.2, 0) is 15.0 Å². The van der Waals surface area contributed by atoms with Crippen LogP contribution in [0.5, 0.6) is 0 Å². The van der Waals surface area contributed by atoms with Gasteiger partial charge in [0.15, 0.2) is 0 Å². The van der Waals surface area contributed by atoms with E-state index in [1.165, 1.54) is 24.3 Å². The number of amides is 2. The first-order valence-corrected chi connectivity index (χ1v) is 11.5. The van der Waals surface area contributed by atoms with Crippen molar-refractivity contribution in [2.45, 2.75) is 61.8 Å². The number of piperidine rings is 1. The largest absolute Gasteiger partial charge is 0.348 e. The first-order valence-electron chi connectivity index (χ1n) is 11.5. The first-order chi connectivity index (χ1) is 15.4. The summed E-state index contributed by atoms with van der Waals surface area (Å²) in [7, 11) is 0. The van der Waals surface area contributed by atoms with E-state index < -0.39 is 11.0 Å². The first kappa shape index (κ1) is 21.1. The third kappa shape index (κ3) is 3.50. The topological polar surface area (TPSA) is 49.4 Å². The lowest BCUT2D eigenvalue weighted by atomic mass is 9.76. The van der Waals surface area contributed by atoms with Crippen molar-refractivity contribution in [3.05, 3.63) is 71.3 Å². The Morgan fingerprint density at radius 2 is 1.72 bits per heavy atom. The molecule has 2 heterocycles. The second kappa shape index (κ2) is 7.98. The average Bonchev–Trinajstić information content (AvgIpc) is 3.40. The van der Waals surface area contributed by atoms with Gasteiger partial charge in [0.2, 0.25) is 11.8 Å². The number of carbonyl (C=O) groups is 2. The molecule has 2 aliphatic heterocycles. The molecule has 168 valence electrons. The molecule has 0 aromatic heterocycles. The lowest BCUT2D eigenvalue weighted by molar-refractivity contribution is -0.137. The Morgan fingerprint density at radius 3 is 2.41 bits per heavy atom. The molecule has 0 bridgehead atoms. The predicted octanol–water partition coefficient (Wildman–Crippen LogP) is 4.44. The summed E-state index contributed by atoms with van der Waals surface area (Å²) in [4.78, 5) is 28.3. The van der Waals surface area contributed by atoms with E-state index in [4.69, 9.17) is 0 Å². The average molecular weight is 439 g/mol. The van der Waals surface area contributed by atoms with Gasteiger partial charge in [0.1, 0.15) is 11.6 Å². The Balaban J connectivity index is 1.51. The van der Waals surface area contributed by atoms with Gasteiger partial charge in [0, 0.05) is 25.4 Å². The third-order valence-corrected chi connectivity index (χ3v) is 7.76. The van der Waals surface area contributed by atoms with E-state index in [0.29, 0.717) is 32.4 Å². The van der Waals surface area contributed by atoms with Gasteiger partial charge in [-0.2, -0.15) is 0 Å². The molecule has 2 atom stereocenters. The summed E-state index contributed by atoms with van der Waals surface area (Å²) in [6.45, 7) is 0.887. The van der Waals surface area contributed by atoms with Crippen molar-refractivity contribution in [1.82, 2.24) is 10.2 Å². The molecular weight excluding hydrogens is 410 g/mol. The summed E-state index contributed by atoms with van der Waals surface area (Å²) >= 11 is 0. The number of hydrogen-bond donors (Lipinski definition) is 1. The molecule has 32 heavy (non-hydrogen) atoms. The van der Waals surface area contributed by atoms with E-state index in [9.17, 15) is 18.4 Å². The molecule has 1 spiro atoms. The zero-order valence-corrected chi connectivity index (χ0v) is 18.1. The molecule has 2 aromatic carbocycles. The van der Waals surface area contributed by atoms with Crippen LogP contribution in [-0.4, -0.2) is 35.3 Å². The molecule has 0 radical (unpaired) electrons. The molecule has 4 nitrogen and oxygen atoms in total. The standard InChI is InChI=1S/C26H28F2N2O2/c27-20-10-8-18(9-11-20)22-16-30(17-26(22)14-4-7-23(31)29-26)24(32)25(12-1-2-13-25)19-5-3-6-21(28)15-19/h3,5-6,8-11,15,22H,1-2,4,7,12-14,16-17H2,(H,29,31)/t22-,26+/m0/s1. The Morgan fingerprint density at radius 1 is 0.969 bits per heavy atom. The molecule has 2 amide bonds. The van der Waals surface area contributed by atoms with Gasteiger partial charge in [-0.25, -0.2) is 8.78 Å². The van der Waals surface area contributed by atoms with Crippen LogP contribution in [0.15, 0.2) is 48.5 Å². The summed E-state index contributed by atoms with van der Waals surface area (Å²) in [5, 5.41) is 3.21. The monoisotopic (exact) mass is 438 g/mol. The van der Waals surface area contributed by atoms with Gasteiger partial charge in [0.05, 0.1) is 11.0 Å². The zero-order chi connectivity index (χ0) is 22.3. The highest BCUT2D eigenvalue weighted by atomic mass is 19.1. The van der Waals surface area contributed by atoms with Crippen molar-refractivity contribution in [1.29, 1.82) is 0 Å². The molecule has 6 heteroatoms. The molecule has 0 unspecified atom stereocenters. The number of halogens is 2. The number of likely N-dealkylation sites (tertiary alicyclic amines) is 1. The van der Waals surface area contributed by atoms with Gasteiger partial charge in [-0.1, -0.05) is 37.1 Å². The summed E-state index contributed by atoms with van der Waals surface area (Å²) in [6.07, 6.45) is 5.29. The highest BCUT2D eigenvalue weighted by molar-refractivity contribution is 5.89. The van der Waals surface area contributed by atoms with Crippen molar-refractivity contribution in [3.63, 3.8) is 0 Å². The maximum Gasteiger partial charge on any atom is 0.233 e. The number of carbonyl (C=O) groups excluding carboxylic acids is 2. The summed E-state index contributed by atoms with van der Waals surface area (Å²) in [5.41, 5.74) is 0.395. The van der Waals surface area contributed by atoms with Crippen LogP contribution >= 0.6 is 0 Å². The van der Waals surface area contributed by atoms with Crippen molar-refractivity contribution in [2.75, 3.05) is 13.1 Å². The Hall–Kier alpha value is -2.76. The van der Waals surface area contributed by atoms with Crippen LogP contribution in [0.1, 0.15) is 62.0 Å². The maximum atomic E-state index is 14.1. The van der Waals surface area contributed by atoms with E-state index in [0.717, 1.165) is 36.8 Å². The quantitative estimate of drug-likeness (QED) is 0.770. The molecule has 3 aliphatic rings. The normalized spacial score (nSPS) is 27.0. The summed E-state index contributed by atoms with van der Waals surface area (Å²) < 4.78 is 27.7. The van der Waals surface area contributed by atoms with Gasteiger partial charge in [-0.3, -0.25) is 9.59 Å². The molecule has 2 aromatic rings. The fourth-order valence-electron chi connectivity index (χ4n) is 6.23. The molecule has 2 saturated heterocycles. The van der Waals surface area contributed by atoms with Crippen LogP contribution < -0.4 is 5.32 Å². The van der Waals surface area contributed by atoms with Gasteiger partial charge in [-0.05, 0) is 61.1 Å². The molecular formula is C26H28F2N2O2. The second-order valence-corrected chi connectivity index (χ2v) is 9.65. The highest BCUT2D eigenvalue weighted by Gasteiger charge is 2.54. The van der Waals surface area contributed by atoms with E-state index in [1.807, 2.05) is 11.0 Å². The minimum absolute atomic E-state index is 0.00151. The van der Waals surface area contributed by atoms with E-state index in [2.05, 4.69) is 5.32 Å². The Bertz CT molecular complexity index is 1030. The molecule has 5 rings (SSSR count). The number of nitrogens with one attached hydrogen (secondary N) is 1. The number of benzene rings is 2. The van der Waals surface area contributed by atoms with Crippen LogP contribution in [0.4, 0.5) is 8.78 Å². The van der Waals surface area contributed by atoms with Crippen LogP contribution in [0.2, 0.25) is 0 Å². The fraction of sp³-hybridized carbons (Fsp3) is 0.462. The van der Waals surface area contributed by atoms with Gasteiger partial charge < -0.3 is 10.2 Å². The minimum Gasteiger partial charge on any atom is -0.348 e. The zero-order valence-electron chi connectivity index (χ0n) is 18.1. The van der Waals surface area contributed by atoms with Crippen LogP contribution in [0.3, 0.4) is 0 Å². The SMILES string of the molecule is O=C1CCC[C@]2(CN(C(=O)C3(c4cccc(F)c4)CCCC3)C[C@H]2c2ccc(F)cc2)N1. The maximum absolute atomic E-state index is 14.1. The predicted molar refractivity (Wildman–Crippen MR) is 117 cm³/mol. The van der Waals surface area contributed by atoms with Gasteiger partial charge in [-0.15, -0.1) is 0 Å². The molecule has 3 fully saturated rings. The number of hydrogen-bond acceptors (Lipinski definition) is 2. The smallest absolute Gasteiger partial charge is 0.233 e. The lowest BCUT2D eigenvalue weighted by Crippen LogP contribution is -2.57. The Labute approximate surface area is 187 Å². The number of nitrogens with zero attached hydrogens (tertiary/aromatic N) is 1. The molecule has 1 aliphatic carbocycles.